The van der Waals surface area contributed by atoms with Crippen LogP contribution in [0.25, 0.3) is 0 Å². The average Bonchev–Trinajstić information content (AvgIpc) is 1.69. The fraction of sp³-hybridized carbons (Fsp3) is 1.00. The maximum Gasteiger partial charge on any atom is 0.0698 e. The molecule has 0 aliphatic carbocycles. The van der Waals surface area contributed by atoms with E-state index in [9.17, 15) is 0 Å². The topological polar surface area (TPSA) is 48.1 Å². The molecule has 4 heteroatoms. The van der Waals surface area contributed by atoms with Crippen LogP contribution in [0.5, 0.6) is 0 Å². The van der Waals surface area contributed by atoms with Crippen molar-refractivity contribution in [3.8, 4) is 0 Å². The van der Waals surface area contributed by atoms with Crippen LogP contribution in [0.2, 0.25) is 0 Å². The molecule has 1 aliphatic rings. The molecule has 1 fully saturated rings. The zero-order chi connectivity index (χ0) is 5.11. The second kappa shape index (κ2) is 2.23. The number of hydrogen-bond acceptors (Lipinski definition) is 4. The van der Waals surface area contributed by atoms with E-state index in [1.807, 2.05) is 6.92 Å². The van der Waals surface area contributed by atoms with Crippen molar-refractivity contribution < 1.29 is 0 Å². The lowest BCUT2D eigenvalue weighted by atomic mass is 10.6. The van der Waals surface area contributed by atoms with Gasteiger partial charge >= 0.3 is 0 Å². The molecular formula is C3H10N4. The summed E-state index contributed by atoms with van der Waals surface area (Å²) in [5, 5.41) is 3.10. The van der Waals surface area contributed by atoms with Gasteiger partial charge in [0.05, 0.1) is 12.8 Å². The summed E-state index contributed by atoms with van der Waals surface area (Å²) in [6, 6.07) is 0. The first-order valence-corrected chi connectivity index (χ1v) is 2.36. The summed E-state index contributed by atoms with van der Waals surface area (Å²) in [6.07, 6.45) is 0.362. The molecule has 1 aliphatic heterocycles. The van der Waals surface area contributed by atoms with Gasteiger partial charge in [0.1, 0.15) is 0 Å². The van der Waals surface area contributed by atoms with E-state index in [-0.39, 0.29) is 0 Å². The molecule has 0 aromatic rings. The molecule has 0 radical (unpaired) electrons. The van der Waals surface area contributed by atoms with Gasteiger partial charge in [0, 0.05) is 0 Å². The maximum atomic E-state index is 3.10. The predicted molar refractivity (Wildman–Crippen MR) is 26.9 cm³/mol. The minimum atomic E-state index is 0.362. The van der Waals surface area contributed by atoms with Gasteiger partial charge in [0.2, 0.25) is 0 Å². The molecule has 42 valence electrons. The highest BCUT2D eigenvalue weighted by Crippen LogP contribution is 1.69. The van der Waals surface area contributed by atoms with Crippen LogP contribution >= 0.6 is 0 Å². The third kappa shape index (κ3) is 1.40. The Bertz CT molecular complexity index is 48.9. The van der Waals surface area contributed by atoms with Gasteiger partial charge in [-0.1, -0.05) is 0 Å². The molecule has 1 saturated heterocycles. The highest BCUT2D eigenvalue weighted by Gasteiger charge is 2.00. The summed E-state index contributed by atoms with van der Waals surface area (Å²) in [5.74, 6) is 0. The van der Waals surface area contributed by atoms with E-state index in [2.05, 4.69) is 21.7 Å². The first kappa shape index (κ1) is 4.99. The minimum Gasteiger partial charge on any atom is -0.287 e. The van der Waals surface area contributed by atoms with Gasteiger partial charge in [-0.15, -0.1) is 0 Å². The minimum absolute atomic E-state index is 0.362. The summed E-state index contributed by atoms with van der Waals surface area (Å²) in [4.78, 5) is 0. The molecule has 0 bridgehead atoms. The lowest BCUT2D eigenvalue weighted by Gasteiger charge is -2.22. The fourth-order valence-corrected chi connectivity index (χ4v) is 0.459. The fourth-order valence-electron chi connectivity index (χ4n) is 0.459. The monoisotopic (exact) mass is 102 g/mol. The molecule has 4 nitrogen and oxygen atoms in total. The van der Waals surface area contributed by atoms with E-state index in [1.165, 1.54) is 0 Å². The molecule has 0 aromatic heterocycles. The Labute approximate surface area is 42.6 Å². The summed E-state index contributed by atoms with van der Waals surface area (Å²) >= 11 is 0. The molecule has 7 heavy (non-hydrogen) atoms. The molecule has 0 saturated carbocycles. The highest BCUT2D eigenvalue weighted by molar-refractivity contribution is 4.54. The van der Waals surface area contributed by atoms with Crippen molar-refractivity contribution in [3.05, 3.63) is 0 Å². The van der Waals surface area contributed by atoms with Gasteiger partial charge in [-0.25, -0.2) is 10.9 Å². The molecule has 0 spiro atoms. The Balaban J connectivity index is 2.12. The molecule has 1 atom stereocenters. The number of hydrogen-bond donors (Lipinski definition) is 4. The normalized spacial score (nSPS) is 33.0. The zero-order valence-electron chi connectivity index (χ0n) is 4.28. The van der Waals surface area contributed by atoms with E-state index in [0.717, 1.165) is 6.67 Å². The Morgan fingerprint density at radius 2 is 2.43 bits per heavy atom. The Morgan fingerprint density at radius 3 is 2.71 bits per heavy atom. The second-order valence-electron chi connectivity index (χ2n) is 1.55. The van der Waals surface area contributed by atoms with Gasteiger partial charge in [-0.3, -0.25) is 5.32 Å². The van der Waals surface area contributed by atoms with Gasteiger partial charge < -0.3 is 0 Å². The van der Waals surface area contributed by atoms with E-state index in [4.69, 9.17) is 0 Å². The van der Waals surface area contributed by atoms with E-state index in [0.29, 0.717) is 6.17 Å². The van der Waals surface area contributed by atoms with Gasteiger partial charge in [-0.2, -0.15) is 5.53 Å². The maximum absolute atomic E-state index is 3.10. The van der Waals surface area contributed by atoms with Crippen molar-refractivity contribution >= 4 is 0 Å². The Hall–Kier alpha value is -0.160. The van der Waals surface area contributed by atoms with Crippen LogP contribution in [-0.4, -0.2) is 12.8 Å². The Kier molecular flexibility index (Phi) is 1.59. The van der Waals surface area contributed by atoms with Crippen molar-refractivity contribution in [1.82, 2.24) is 21.7 Å². The van der Waals surface area contributed by atoms with Crippen LogP contribution < -0.4 is 21.7 Å². The molecular weight excluding hydrogens is 92.1 g/mol. The van der Waals surface area contributed by atoms with Crippen LogP contribution in [0.15, 0.2) is 0 Å². The van der Waals surface area contributed by atoms with Crippen LogP contribution in [0.3, 0.4) is 0 Å². The van der Waals surface area contributed by atoms with Gasteiger partial charge in [0.15, 0.2) is 0 Å². The van der Waals surface area contributed by atoms with Crippen LogP contribution in [0, 0.1) is 0 Å². The molecule has 1 rings (SSSR count). The summed E-state index contributed by atoms with van der Waals surface area (Å²) < 4.78 is 0. The Morgan fingerprint density at radius 1 is 1.57 bits per heavy atom. The lowest BCUT2D eigenvalue weighted by Crippen LogP contribution is -2.62. The first-order chi connectivity index (χ1) is 3.39. The van der Waals surface area contributed by atoms with Gasteiger partial charge in [-0.05, 0) is 6.92 Å². The van der Waals surface area contributed by atoms with Gasteiger partial charge in [0.25, 0.3) is 0 Å². The van der Waals surface area contributed by atoms with Crippen molar-refractivity contribution in [2.75, 3.05) is 6.67 Å². The molecule has 1 heterocycles. The molecule has 1 unspecified atom stereocenters. The highest BCUT2D eigenvalue weighted by atomic mass is 15.7. The van der Waals surface area contributed by atoms with Crippen LogP contribution in [0.4, 0.5) is 0 Å². The van der Waals surface area contributed by atoms with E-state index in [1.54, 1.807) is 0 Å². The molecule has 0 amide bonds. The summed E-state index contributed by atoms with van der Waals surface area (Å²) in [7, 11) is 0. The first-order valence-electron chi connectivity index (χ1n) is 2.36. The summed E-state index contributed by atoms with van der Waals surface area (Å²) in [6.45, 7) is 2.85. The third-order valence-corrected chi connectivity index (χ3v) is 0.874. The van der Waals surface area contributed by atoms with Crippen molar-refractivity contribution in [2.45, 2.75) is 13.1 Å². The van der Waals surface area contributed by atoms with E-state index >= 15 is 0 Å². The molecule has 0 aromatic carbocycles. The van der Waals surface area contributed by atoms with Crippen molar-refractivity contribution in [2.24, 2.45) is 0 Å². The molecule has 4 N–H and O–H groups in total. The second-order valence-corrected chi connectivity index (χ2v) is 1.55. The largest absolute Gasteiger partial charge is 0.287 e. The SMILES string of the molecule is CC1NCNNN1. The van der Waals surface area contributed by atoms with Crippen LogP contribution in [-0.2, 0) is 0 Å². The zero-order valence-corrected chi connectivity index (χ0v) is 4.28. The number of rotatable bonds is 0. The smallest absolute Gasteiger partial charge is 0.0698 e. The quantitative estimate of drug-likeness (QED) is 0.300. The lowest BCUT2D eigenvalue weighted by molar-refractivity contribution is 0.269. The number of hydrazine groups is 2. The number of nitrogens with one attached hydrogen (secondary N) is 4. The van der Waals surface area contributed by atoms with E-state index < -0.39 is 0 Å². The van der Waals surface area contributed by atoms with Crippen molar-refractivity contribution in [1.29, 1.82) is 0 Å². The standard InChI is InChI=1S/C3H10N4/c1-3-4-2-5-7-6-3/h3-7H,2H2,1H3. The average molecular weight is 102 g/mol. The summed E-state index contributed by atoms with van der Waals surface area (Å²) in [5.41, 5.74) is 8.52. The van der Waals surface area contributed by atoms with Crippen molar-refractivity contribution in [3.63, 3.8) is 0 Å². The van der Waals surface area contributed by atoms with Crippen LogP contribution in [0.1, 0.15) is 6.92 Å². The third-order valence-electron chi connectivity index (χ3n) is 0.874. The predicted octanol–water partition coefficient (Wildman–Crippen LogP) is -1.51.